The van der Waals surface area contributed by atoms with Gasteiger partial charge < -0.3 is 11.1 Å². The smallest absolute Gasteiger partial charge is 0.301 e. The van der Waals surface area contributed by atoms with E-state index >= 15 is 0 Å². The number of carbonyl (C=O) groups excluding carboxylic acids is 2. The molecule has 0 fully saturated rings. The van der Waals surface area contributed by atoms with Crippen molar-refractivity contribution in [1.82, 2.24) is 20.1 Å². The number of benzene rings is 3. The lowest BCUT2D eigenvalue weighted by Gasteiger charge is -2.06. The van der Waals surface area contributed by atoms with Crippen LogP contribution in [0.2, 0.25) is 5.02 Å². The summed E-state index contributed by atoms with van der Waals surface area (Å²) in [6, 6.07) is 20.5. The number of nitrogens with zero attached hydrogens (tertiary/aromatic N) is 5. The van der Waals surface area contributed by atoms with Gasteiger partial charge in [-0.2, -0.15) is 9.80 Å². The van der Waals surface area contributed by atoms with E-state index in [0.29, 0.717) is 22.1 Å². The predicted molar refractivity (Wildman–Crippen MR) is 165 cm³/mol. The van der Waals surface area contributed by atoms with Crippen LogP contribution in [0.4, 0.5) is 17.1 Å². The van der Waals surface area contributed by atoms with Crippen molar-refractivity contribution in [3.05, 3.63) is 109 Å². The summed E-state index contributed by atoms with van der Waals surface area (Å²) in [6.07, 6.45) is -0.0438. The minimum Gasteiger partial charge on any atom is -0.370 e. The van der Waals surface area contributed by atoms with Crippen LogP contribution in [0.15, 0.2) is 93.2 Å². The first kappa shape index (κ1) is 30.0. The Labute approximate surface area is 258 Å². The molecule has 2 heterocycles. The van der Waals surface area contributed by atoms with Gasteiger partial charge in [0.2, 0.25) is 16.9 Å². The van der Waals surface area contributed by atoms with Crippen LogP contribution in [0, 0.1) is 10.1 Å². The molecule has 13 nitrogen and oxygen atoms in total. The summed E-state index contributed by atoms with van der Waals surface area (Å²) < 4.78 is 1.26. The van der Waals surface area contributed by atoms with Crippen LogP contribution in [-0.4, -0.2) is 31.5 Å². The predicted octanol–water partition coefficient (Wildman–Crippen LogP) is 5.81. The first-order chi connectivity index (χ1) is 21.2. The lowest BCUT2D eigenvalue weighted by Crippen LogP contribution is -2.24. The maximum Gasteiger partial charge on any atom is 0.301 e. The number of carbonyl (C=O) groups is 2. The Morgan fingerprint density at radius 2 is 1.80 bits per heavy atom. The molecule has 0 radical (unpaired) electrons. The number of rotatable bonds is 11. The zero-order valence-electron chi connectivity index (χ0n) is 22.8. The molecular formula is C29H23ClN8O5S. The van der Waals surface area contributed by atoms with E-state index in [1.54, 1.807) is 24.3 Å². The third-order valence-corrected chi connectivity index (χ3v) is 7.49. The fraction of sp³-hybridized carbons (Fsp3) is 0.103. The van der Waals surface area contributed by atoms with Crippen molar-refractivity contribution in [3.8, 4) is 27.6 Å². The molecule has 0 saturated carbocycles. The summed E-state index contributed by atoms with van der Waals surface area (Å²) in [5.41, 5.74) is 7.55. The fourth-order valence-electron chi connectivity index (χ4n) is 4.09. The fourth-order valence-corrected chi connectivity index (χ4v) is 5.07. The normalized spacial score (nSPS) is 11.1. The number of thiazole rings is 1. The molecule has 5 aromatic rings. The average molecular weight is 631 g/mol. The molecule has 0 aliphatic rings. The number of nitrogens with one attached hydrogen (secondary N) is 2. The van der Waals surface area contributed by atoms with Crippen LogP contribution < -0.4 is 16.6 Å². The van der Waals surface area contributed by atoms with Gasteiger partial charge in [-0.25, -0.2) is 4.98 Å². The summed E-state index contributed by atoms with van der Waals surface area (Å²) >= 11 is 7.17. The zero-order valence-corrected chi connectivity index (χ0v) is 24.3. The highest BCUT2D eigenvalue weighted by atomic mass is 35.5. The first-order valence-electron chi connectivity index (χ1n) is 13.1. The summed E-state index contributed by atoms with van der Waals surface area (Å²) in [5, 5.41) is 27.5. The van der Waals surface area contributed by atoms with Crippen LogP contribution >= 0.6 is 22.9 Å². The van der Waals surface area contributed by atoms with E-state index in [1.807, 2.05) is 35.7 Å². The molecule has 44 heavy (non-hydrogen) atoms. The van der Waals surface area contributed by atoms with Crippen molar-refractivity contribution < 1.29 is 14.5 Å². The number of azo groups is 1. The van der Waals surface area contributed by atoms with Crippen LogP contribution in [0.5, 0.6) is 0 Å². The number of nitro groups is 1. The summed E-state index contributed by atoms with van der Waals surface area (Å²) in [5.74, 6) is -0.862. The number of aromatic nitrogens is 3. The lowest BCUT2D eigenvalue weighted by molar-refractivity contribution is -0.384. The van der Waals surface area contributed by atoms with Crippen molar-refractivity contribution >= 4 is 51.8 Å². The van der Waals surface area contributed by atoms with Gasteiger partial charge in [0, 0.05) is 42.0 Å². The molecule has 3 aromatic carbocycles. The van der Waals surface area contributed by atoms with Crippen LogP contribution in [0.3, 0.4) is 0 Å². The van der Waals surface area contributed by atoms with Gasteiger partial charge in [0.05, 0.1) is 22.0 Å². The monoisotopic (exact) mass is 630 g/mol. The third kappa shape index (κ3) is 6.94. The van der Waals surface area contributed by atoms with Crippen LogP contribution in [-0.2, 0) is 16.1 Å². The largest absolute Gasteiger partial charge is 0.370 e. The Morgan fingerprint density at radius 1 is 1.05 bits per heavy atom. The molecule has 4 N–H and O–H groups in total. The first-order valence-corrected chi connectivity index (χ1v) is 14.3. The number of hydrogen-bond donors (Lipinski definition) is 3. The number of amides is 2. The van der Waals surface area contributed by atoms with Gasteiger partial charge in [0.15, 0.2) is 5.69 Å². The second-order valence-electron chi connectivity index (χ2n) is 9.39. The Kier molecular flexibility index (Phi) is 9.02. The van der Waals surface area contributed by atoms with Crippen molar-refractivity contribution in [2.24, 2.45) is 16.0 Å². The number of primary amides is 1. The molecule has 0 aliphatic carbocycles. The van der Waals surface area contributed by atoms with Crippen LogP contribution in [0.1, 0.15) is 18.4 Å². The number of aromatic amines is 1. The standard InChI is InChI=1S/C29H23ClN8O5S/c30-21-11-10-20(14-23(21)38(42)43)34-35-27-26(19-8-6-17(7-9-19)15-32-25(40)13-12-24(31)39)36-37(28(27)41)29-33-22(16-44-29)18-4-2-1-3-5-18/h1-11,14,16,36H,12-13,15H2,(H2,31,39)(H,32,40). The number of nitro benzene ring substituents is 1. The van der Waals surface area contributed by atoms with Gasteiger partial charge in [-0.1, -0.05) is 66.2 Å². The van der Waals surface area contributed by atoms with Crippen molar-refractivity contribution in [3.63, 3.8) is 0 Å². The molecule has 2 amide bonds. The molecule has 0 aliphatic heterocycles. The summed E-state index contributed by atoms with van der Waals surface area (Å²) in [4.78, 5) is 51.8. The minimum absolute atomic E-state index is 0.00392. The molecule has 5 rings (SSSR count). The maximum atomic E-state index is 13.6. The summed E-state index contributed by atoms with van der Waals surface area (Å²) in [6.45, 7) is 0.221. The molecule has 0 spiro atoms. The molecule has 0 atom stereocenters. The van der Waals surface area contributed by atoms with Crippen molar-refractivity contribution in [2.75, 3.05) is 0 Å². The zero-order chi connectivity index (χ0) is 31.2. The van der Waals surface area contributed by atoms with E-state index in [9.17, 15) is 24.5 Å². The van der Waals surface area contributed by atoms with Gasteiger partial charge in [-0.3, -0.25) is 29.6 Å². The SMILES string of the molecule is NC(=O)CCC(=O)NCc1ccc(-c2[nH]n(-c3nc(-c4ccccc4)cs3)c(=O)c2N=Nc2ccc(Cl)c([N+](=O)[O-])c2)cc1. The Hall–Kier alpha value is -5.47. The van der Waals surface area contributed by atoms with E-state index in [0.717, 1.165) is 17.2 Å². The molecule has 0 unspecified atom stereocenters. The van der Waals surface area contributed by atoms with E-state index in [1.165, 1.54) is 28.2 Å². The maximum absolute atomic E-state index is 13.6. The van der Waals surface area contributed by atoms with E-state index in [-0.39, 0.29) is 47.4 Å². The molecule has 2 aromatic heterocycles. The van der Waals surface area contributed by atoms with Gasteiger partial charge in [0.1, 0.15) is 5.02 Å². The highest BCUT2D eigenvalue weighted by molar-refractivity contribution is 7.12. The number of halogens is 1. The Bertz CT molecular complexity index is 1930. The van der Waals surface area contributed by atoms with Gasteiger partial charge in [-0.05, 0) is 17.7 Å². The molecule has 0 saturated heterocycles. The number of hydrogen-bond acceptors (Lipinski definition) is 9. The Balaban J connectivity index is 1.49. The highest BCUT2D eigenvalue weighted by Gasteiger charge is 2.20. The number of nitrogens with two attached hydrogens (primary N) is 1. The molecule has 15 heteroatoms. The minimum atomic E-state index is -0.634. The van der Waals surface area contributed by atoms with E-state index < -0.39 is 16.4 Å². The van der Waals surface area contributed by atoms with Gasteiger partial charge >= 0.3 is 5.56 Å². The molecule has 0 bridgehead atoms. The number of H-pyrrole nitrogens is 1. The van der Waals surface area contributed by atoms with Crippen molar-refractivity contribution in [1.29, 1.82) is 0 Å². The average Bonchev–Trinajstić information content (AvgIpc) is 3.64. The third-order valence-electron chi connectivity index (χ3n) is 6.34. The summed E-state index contributed by atoms with van der Waals surface area (Å²) in [7, 11) is 0. The second kappa shape index (κ2) is 13.2. The van der Waals surface area contributed by atoms with Crippen LogP contribution in [0.25, 0.3) is 27.6 Å². The lowest BCUT2D eigenvalue weighted by atomic mass is 10.1. The second-order valence-corrected chi connectivity index (χ2v) is 10.6. The van der Waals surface area contributed by atoms with Crippen molar-refractivity contribution in [2.45, 2.75) is 19.4 Å². The van der Waals surface area contributed by atoms with E-state index in [4.69, 9.17) is 17.3 Å². The topological polar surface area (TPSA) is 191 Å². The van der Waals surface area contributed by atoms with Gasteiger partial charge in [0.25, 0.3) is 5.69 Å². The quantitative estimate of drug-likeness (QED) is 0.0936. The highest BCUT2D eigenvalue weighted by Crippen LogP contribution is 2.32. The molecule has 222 valence electrons. The Morgan fingerprint density at radius 3 is 2.50 bits per heavy atom. The molecular weight excluding hydrogens is 608 g/mol. The van der Waals surface area contributed by atoms with Gasteiger partial charge in [-0.15, -0.1) is 16.5 Å². The van der Waals surface area contributed by atoms with E-state index in [2.05, 4.69) is 25.6 Å².